The van der Waals surface area contributed by atoms with E-state index < -0.39 is 0 Å². The van der Waals surface area contributed by atoms with E-state index in [9.17, 15) is 4.79 Å². The van der Waals surface area contributed by atoms with Crippen LogP contribution < -0.4 is 5.32 Å². The first-order valence-corrected chi connectivity index (χ1v) is 7.54. The summed E-state index contributed by atoms with van der Waals surface area (Å²) in [6.45, 7) is 6.04. The lowest BCUT2D eigenvalue weighted by Crippen LogP contribution is -2.22. The standard InChI is InChI=1S/C17H19NOS/c1-12-9-10-15(11-13(12)2)18-17(19)14(3)20-16-7-5-4-6-8-16/h4-11,14H,1-3H3,(H,18,19). The maximum Gasteiger partial charge on any atom is 0.237 e. The minimum atomic E-state index is -0.126. The fourth-order valence-electron chi connectivity index (χ4n) is 1.82. The van der Waals surface area contributed by atoms with Gasteiger partial charge >= 0.3 is 0 Å². The summed E-state index contributed by atoms with van der Waals surface area (Å²) in [6.07, 6.45) is 0. The van der Waals surface area contributed by atoms with Crippen LogP contribution in [0.2, 0.25) is 0 Å². The molecular formula is C17H19NOS. The molecule has 0 heterocycles. The summed E-state index contributed by atoms with van der Waals surface area (Å²) in [7, 11) is 0. The summed E-state index contributed by atoms with van der Waals surface area (Å²) in [5.74, 6) is 0.0297. The highest BCUT2D eigenvalue weighted by Gasteiger charge is 2.14. The molecule has 2 aromatic rings. The van der Waals surface area contributed by atoms with Crippen molar-refractivity contribution < 1.29 is 4.79 Å². The number of hydrogen-bond donors (Lipinski definition) is 1. The van der Waals surface area contributed by atoms with Crippen molar-refractivity contribution >= 4 is 23.4 Å². The number of carbonyl (C=O) groups is 1. The molecule has 0 saturated heterocycles. The van der Waals surface area contributed by atoms with Crippen molar-refractivity contribution in [2.24, 2.45) is 0 Å². The van der Waals surface area contributed by atoms with E-state index in [-0.39, 0.29) is 11.2 Å². The zero-order chi connectivity index (χ0) is 14.5. The lowest BCUT2D eigenvalue weighted by atomic mass is 10.1. The molecule has 0 aliphatic carbocycles. The van der Waals surface area contributed by atoms with E-state index in [1.807, 2.05) is 62.4 Å². The third-order valence-corrected chi connectivity index (χ3v) is 4.31. The zero-order valence-electron chi connectivity index (χ0n) is 12.0. The van der Waals surface area contributed by atoms with Gasteiger partial charge in [0.25, 0.3) is 0 Å². The summed E-state index contributed by atoms with van der Waals surface area (Å²) in [6, 6.07) is 16.0. The number of rotatable bonds is 4. The molecule has 2 aromatic carbocycles. The van der Waals surface area contributed by atoms with Crippen molar-refractivity contribution in [2.45, 2.75) is 30.9 Å². The predicted octanol–water partition coefficient (Wildman–Crippen LogP) is 4.42. The lowest BCUT2D eigenvalue weighted by Gasteiger charge is -2.13. The smallest absolute Gasteiger partial charge is 0.237 e. The van der Waals surface area contributed by atoms with Crippen LogP contribution in [0.5, 0.6) is 0 Å². The number of benzene rings is 2. The van der Waals surface area contributed by atoms with Gasteiger partial charge in [-0.25, -0.2) is 0 Å². The van der Waals surface area contributed by atoms with Gasteiger partial charge in [0, 0.05) is 10.6 Å². The Hall–Kier alpha value is -1.74. The third-order valence-electron chi connectivity index (χ3n) is 3.20. The summed E-state index contributed by atoms with van der Waals surface area (Å²) in [4.78, 5) is 13.3. The molecule has 0 radical (unpaired) electrons. The second kappa shape index (κ2) is 6.62. The topological polar surface area (TPSA) is 29.1 Å². The van der Waals surface area contributed by atoms with Crippen LogP contribution in [0, 0.1) is 13.8 Å². The molecule has 0 spiro atoms. The van der Waals surface area contributed by atoms with Crippen molar-refractivity contribution in [3.05, 3.63) is 59.7 Å². The molecule has 0 bridgehead atoms. The fraction of sp³-hybridized carbons (Fsp3) is 0.235. The zero-order valence-corrected chi connectivity index (χ0v) is 12.8. The quantitative estimate of drug-likeness (QED) is 0.842. The van der Waals surface area contributed by atoms with Crippen LogP contribution >= 0.6 is 11.8 Å². The molecule has 20 heavy (non-hydrogen) atoms. The van der Waals surface area contributed by atoms with Crippen LogP contribution in [-0.4, -0.2) is 11.2 Å². The molecule has 3 heteroatoms. The number of anilines is 1. The molecule has 2 rings (SSSR count). The van der Waals surface area contributed by atoms with Crippen LogP contribution in [0.25, 0.3) is 0 Å². The van der Waals surface area contributed by atoms with Gasteiger partial charge in [0.2, 0.25) is 5.91 Å². The van der Waals surface area contributed by atoms with E-state index in [1.165, 1.54) is 11.1 Å². The Labute approximate surface area is 124 Å². The molecule has 104 valence electrons. The van der Waals surface area contributed by atoms with E-state index in [2.05, 4.69) is 12.2 Å². The number of aryl methyl sites for hydroxylation is 2. The predicted molar refractivity (Wildman–Crippen MR) is 86.3 cm³/mol. The van der Waals surface area contributed by atoms with Gasteiger partial charge in [-0.2, -0.15) is 0 Å². The van der Waals surface area contributed by atoms with Gasteiger partial charge < -0.3 is 5.32 Å². The Kier molecular flexibility index (Phi) is 4.85. The molecule has 1 N–H and O–H groups in total. The molecule has 1 atom stereocenters. The Balaban J connectivity index is 1.99. The highest BCUT2D eigenvalue weighted by atomic mass is 32.2. The number of carbonyl (C=O) groups excluding carboxylic acids is 1. The largest absolute Gasteiger partial charge is 0.325 e. The molecular weight excluding hydrogens is 266 g/mol. The Bertz CT molecular complexity index is 595. The monoisotopic (exact) mass is 285 g/mol. The van der Waals surface area contributed by atoms with Crippen LogP contribution in [0.4, 0.5) is 5.69 Å². The molecule has 0 fully saturated rings. The van der Waals surface area contributed by atoms with E-state index in [0.717, 1.165) is 10.6 Å². The maximum absolute atomic E-state index is 12.2. The Morgan fingerprint density at radius 3 is 2.40 bits per heavy atom. The second-order valence-electron chi connectivity index (χ2n) is 4.86. The number of thioether (sulfide) groups is 1. The van der Waals surface area contributed by atoms with Gasteiger partial charge in [-0.3, -0.25) is 4.79 Å². The molecule has 1 amide bonds. The normalized spacial score (nSPS) is 11.9. The summed E-state index contributed by atoms with van der Waals surface area (Å²) in [5, 5.41) is 2.84. The number of hydrogen-bond acceptors (Lipinski definition) is 2. The Morgan fingerprint density at radius 2 is 1.75 bits per heavy atom. The Morgan fingerprint density at radius 1 is 1.05 bits per heavy atom. The van der Waals surface area contributed by atoms with Crippen molar-refractivity contribution in [1.82, 2.24) is 0 Å². The molecule has 0 aliphatic rings. The van der Waals surface area contributed by atoms with Gasteiger partial charge in [0.1, 0.15) is 0 Å². The van der Waals surface area contributed by atoms with Crippen molar-refractivity contribution in [1.29, 1.82) is 0 Å². The van der Waals surface area contributed by atoms with E-state index in [4.69, 9.17) is 0 Å². The summed E-state index contributed by atoms with van der Waals surface area (Å²) in [5.41, 5.74) is 3.28. The maximum atomic E-state index is 12.2. The molecule has 0 saturated carbocycles. The third kappa shape index (κ3) is 3.87. The van der Waals surface area contributed by atoms with Crippen LogP contribution in [0.15, 0.2) is 53.4 Å². The first-order valence-electron chi connectivity index (χ1n) is 6.66. The molecule has 1 unspecified atom stereocenters. The number of amides is 1. The van der Waals surface area contributed by atoms with Gasteiger partial charge in [0.15, 0.2) is 0 Å². The van der Waals surface area contributed by atoms with Crippen molar-refractivity contribution in [3.63, 3.8) is 0 Å². The first kappa shape index (κ1) is 14.7. The van der Waals surface area contributed by atoms with Crippen LogP contribution in [-0.2, 0) is 4.79 Å². The first-order chi connectivity index (χ1) is 9.56. The van der Waals surface area contributed by atoms with E-state index >= 15 is 0 Å². The second-order valence-corrected chi connectivity index (χ2v) is 6.28. The highest BCUT2D eigenvalue weighted by Crippen LogP contribution is 2.24. The van der Waals surface area contributed by atoms with Gasteiger partial charge in [-0.05, 0) is 56.2 Å². The minimum Gasteiger partial charge on any atom is -0.325 e. The average molecular weight is 285 g/mol. The SMILES string of the molecule is Cc1ccc(NC(=O)C(C)Sc2ccccc2)cc1C. The summed E-state index contributed by atoms with van der Waals surface area (Å²) < 4.78 is 0. The van der Waals surface area contributed by atoms with Gasteiger partial charge in [-0.1, -0.05) is 24.3 Å². The molecule has 0 aromatic heterocycles. The highest BCUT2D eigenvalue weighted by molar-refractivity contribution is 8.00. The van der Waals surface area contributed by atoms with E-state index in [0.29, 0.717) is 0 Å². The number of nitrogens with one attached hydrogen (secondary N) is 1. The summed E-state index contributed by atoms with van der Waals surface area (Å²) >= 11 is 1.57. The minimum absolute atomic E-state index is 0.0297. The van der Waals surface area contributed by atoms with Crippen molar-refractivity contribution in [2.75, 3.05) is 5.32 Å². The van der Waals surface area contributed by atoms with Gasteiger partial charge in [0.05, 0.1) is 5.25 Å². The van der Waals surface area contributed by atoms with Crippen LogP contribution in [0.3, 0.4) is 0 Å². The lowest BCUT2D eigenvalue weighted by molar-refractivity contribution is -0.115. The van der Waals surface area contributed by atoms with Crippen molar-refractivity contribution in [3.8, 4) is 0 Å². The average Bonchev–Trinajstić information content (AvgIpc) is 2.44. The molecule has 0 aliphatic heterocycles. The van der Waals surface area contributed by atoms with Gasteiger partial charge in [-0.15, -0.1) is 11.8 Å². The van der Waals surface area contributed by atoms with E-state index in [1.54, 1.807) is 11.8 Å². The fourth-order valence-corrected chi connectivity index (χ4v) is 2.71. The molecule has 2 nitrogen and oxygen atoms in total. The van der Waals surface area contributed by atoms with Crippen LogP contribution in [0.1, 0.15) is 18.1 Å².